The van der Waals surface area contributed by atoms with E-state index in [1.807, 2.05) is 12.1 Å². The Kier molecular flexibility index (Phi) is 4.65. The van der Waals surface area contributed by atoms with Crippen LogP contribution in [0.25, 0.3) is 0 Å². The van der Waals surface area contributed by atoms with Gasteiger partial charge in [0.05, 0.1) is 0 Å². The van der Waals surface area contributed by atoms with Crippen LogP contribution in [0.1, 0.15) is 25.3 Å². The Hall–Kier alpha value is -0.580. The first-order valence-corrected chi connectivity index (χ1v) is 7.32. The first kappa shape index (κ1) is 13.8. The summed E-state index contributed by atoms with van der Waals surface area (Å²) in [5, 5.41) is 9.91. The van der Waals surface area contributed by atoms with Gasteiger partial charge in [0.15, 0.2) is 0 Å². The molecule has 0 radical (unpaired) electrons. The third-order valence-corrected chi connectivity index (χ3v) is 4.38. The number of rotatable bonds is 3. The summed E-state index contributed by atoms with van der Waals surface area (Å²) in [5.41, 5.74) is 6.86. The summed E-state index contributed by atoms with van der Waals surface area (Å²) in [6.45, 7) is 4.80. The Balaban J connectivity index is 2.14. The molecule has 1 aliphatic rings. The predicted molar refractivity (Wildman–Crippen MR) is 77.5 cm³/mol. The van der Waals surface area contributed by atoms with Gasteiger partial charge in [-0.1, -0.05) is 22.9 Å². The molecule has 1 aliphatic heterocycles. The number of hydrogen-bond donors (Lipinski definition) is 2. The molecular formula is C14H21BrN2O. The topological polar surface area (TPSA) is 49.5 Å². The zero-order chi connectivity index (χ0) is 13.1. The minimum absolute atomic E-state index is 0.368. The molecule has 1 fully saturated rings. The van der Waals surface area contributed by atoms with Crippen LogP contribution in [0, 0.1) is 5.92 Å². The van der Waals surface area contributed by atoms with Gasteiger partial charge in [0.1, 0.15) is 5.75 Å². The normalized spacial score (nSPS) is 25.3. The fourth-order valence-corrected chi connectivity index (χ4v) is 3.22. The van der Waals surface area contributed by atoms with Crippen LogP contribution in [0.4, 0.5) is 0 Å². The van der Waals surface area contributed by atoms with Crippen LogP contribution in [0.5, 0.6) is 5.75 Å². The molecule has 2 unspecified atom stereocenters. The number of nitrogens with two attached hydrogens (primary N) is 1. The van der Waals surface area contributed by atoms with Crippen LogP contribution in [-0.2, 0) is 6.54 Å². The molecule has 1 aromatic carbocycles. The number of halogens is 1. The number of nitrogens with zero attached hydrogens (tertiary/aromatic N) is 1. The highest BCUT2D eigenvalue weighted by Crippen LogP contribution is 2.28. The van der Waals surface area contributed by atoms with Crippen molar-refractivity contribution >= 4 is 15.9 Å². The largest absolute Gasteiger partial charge is 0.508 e. The van der Waals surface area contributed by atoms with E-state index in [9.17, 15) is 5.11 Å². The first-order valence-electron chi connectivity index (χ1n) is 6.53. The van der Waals surface area contributed by atoms with Gasteiger partial charge >= 0.3 is 0 Å². The highest BCUT2D eigenvalue weighted by molar-refractivity contribution is 9.10. The third kappa shape index (κ3) is 3.05. The van der Waals surface area contributed by atoms with Gasteiger partial charge in [0, 0.05) is 29.2 Å². The van der Waals surface area contributed by atoms with Crippen molar-refractivity contribution in [2.45, 2.75) is 32.4 Å². The quantitative estimate of drug-likeness (QED) is 0.902. The van der Waals surface area contributed by atoms with E-state index in [-0.39, 0.29) is 0 Å². The van der Waals surface area contributed by atoms with Crippen molar-refractivity contribution in [3.05, 3.63) is 28.2 Å². The van der Waals surface area contributed by atoms with Crippen LogP contribution in [0.3, 0.4) is 0 Å². The number of likely N-dealkylation sites (tertiary alicyclic amines) is 1. The van der Waals surface area contributed by atoms with Crippen molar-refractivity contribution in [1.82, 2.24) is 4.90 Å². The summed E-state index contributed by atoms with van der Waals surface area (Å²) in [6.07, 6.45) is 2.47. The van der Waals surface area contributed by atoms with E-state index >= 15 is 0 Å². The monoisotopic (exact) mass is 312 g/mol. The second kappa shape index (κ2) is 6.04. The van der Waals surface area contributed by atoms with Crippen LogP contribution >= 0.6 is 15.9 Å². The van der Waals surface area contributed by atoms with Crippen LogP contribution in [0.2, 0.25) is 0 Å². The van der Waals surface area contributed by atoms with Gasteiger partial charge < -0.3 is 10.8 Å². The number of phenols is 1. The van der Waals surface area contributed by atoms with Gasteiger partial charge in [0.25, 0.3) is 0 Å². The van der Waals surface area contributed by atoms with E-state index in [0.29, 0.717) is 24.3 Å². The van der Waals surface area contributed by atoms with E-state index in [0.717, 1.165) is 23.1 Å². The average molecular weight is 313 g/mol. The molecule has 0 aromatic heterocycles. The molecule has 1 aromatic rings. The molecule has 0 saturated carbocycles. The Morgan fingerprint density at radius 3 is 3.00 bits per heavy atom. The maximum Gasteiger partial charge on any atom is 0.120 e. The lowest BCUT2D eigenvalue weighted by atomic mass is 9.90. The maximum atomic E-state index is 9.91. The minimum Gasteiger partial charge on any atom is -0.508 e. The van der Waals surface area contributed by atoms with E-state index in [2.05, 4.69) is 27.8 Å². The van der Waals surface area contributed by atoms with E-state index in [1.165, 1.54) is 12.8 Å². The number of phenolic OH excluding ortho intramolecular Hbond substituents is 1. The van der Waals surface area contributed by atoms with Crippen LogP contribution in [-0.4, -0.2) is 29.1 Å². The molecule has 3 nitrogen and oxygen atoms in total. The summed E-state index contributed by atoms with van der Waals surface area (Å²) < 4.78 is 1.00. The number of aromatic hydroxyl groups is 1. The zero-order valence-corrected chi connectivity index (χ0v) is 12.4. The Labute approximate surface area is 117 Å². The maximum absolute atomic E-state index is 9.91. The Morgan fingerprint density at radius 2 is 2.28 bits per heavy atom. The number of hydrogen-bond acceptors (Lipinski definition) is 3. The fraction of sp³-hybridized carbons (Fsp3) is 0.571. The van der Waals surface area contributed by atoms with Crippen LogP contribution in [0.15, 0.2) is 22.7 Å². The second-order valence-electron chi connectivity index (χ2n) is 5.17. The van der Waals surface area contributed by atoms with Crippen LogP contribution < -0.4 is 5.73 Å². The molecule has 2 atom stereocenters. The van der Waals surface area contributed by atoms with E-state index in [4.69, 9.17) is 5.73 Å². The third-order valence-electron chi connectivity index (χ3n) is 3.89. The van der Waals surface area contributed by atoms with Gasteiger partial charge in [-0.25, -0.2) is 0 Å². The van der Waals surface area contributed by atoms with Gasteiger partial charge in [-0.05, 0) is 43.5 Å². The SMILES string of the molecule is CC1CCCN(Cc2cc(Br)ccc2O)C1CN. The molecule has 1 saturated heterocycles. The summed E-state index contributed by atoms with van der Waals surface area (Å²) in [4.78, 5) is 2.40. The Morgan fingerprint density at radius 1 is 1.50 bits per heavy atom. The molecule has 1 heterocycles. The van der Waals surface area contributed by atoms with Gasteiger partial charge in [-0.3, -0.25) is 4.90 Å². The molecule has 4 heteroatoms. The highest BCUT2D eigenvalue weighted by Gasteiger charge is 2.27. The molecule has 3 N–H and O–H groups in total. The lowest BCUT2D eigenvalue weighted by molar-refractivity contribution is 0.0982. The Bertz CT molecular complexity index is 411. The summed E-state index contributed by atoms with van der Waals surface area (Å²) >= 11 is 3.45. The van der Waals surface area contributed by atoms with Gasteiger partial charge in [-0.2, -0.15) is 0 Å². The van der Waals surface area contributed by atoms with Gasteiger partial charge in [-0.15, -0.1) is 0 Å². The zero-order valence-electron chi connectivity index (χ0n) is 10.8. The molecule has 18 heavy (non-hydrogen) atoms. The molecule has 0 bridgehead atoms. The average Bonchev–Trinajstić information content (AvgIpc) is 2.34. The van der Waals surface area contributed by atoms with E-state index in [1.54, 1.807) is 6.07 Å². The standard InChI is InChI=1S/C14H21BrN2O/c1-10-3-2-6-17(13(10)8-16)9-11-7-12(15)4-5-14(11)18/h4-5,7,10,13,18H,2-3,6,8-9,16H2,1H3. The fourth-order valence-electron chi connectivity index (χ4n) is 2.81. The molecule has 100 valence electrons. The van der Waals surface area contributed by atoms with Crippen molar-refractivity contribution in [2.24, 2.45) is 11.7 Å². The summed E-state index contributed by atoms with van der Waals surface area (Å²) in [7, 11) is 0. The first-order chi connectivity index (χ1) is 8.61. The number of benzene rings is 1. The molecule has 0 amide bonds. The summed E-state index contributed by atoms with van der Waals surface area (Å²) in [5.74, 6) is 1.00. The van der Waals surface area contributed by atoms with Gasteiger partial charge in [0.2, 0.25) is 0 Å². The van der Waals surface area contributed by atoms with Crippen molar-refractivity contribution in [1.29, 1.82) is 0 Å². The lowest BCUT2D eigenvalue weighted by Gasteiger charge is -2.39. The van der Waals surface area contributed by atoms with Crippen molar-refractivity contribution in [3.8, 4) is 5.75 Å². The summed E-state index contributed by atoms with van der Waals surface area (Å²) in [6, 6.07) is 6.02. The second-order valence-corrected chi connectivity index (χ2v) is 6.08. The predicted octanol–water partition coefficient (Wildman–Crippen LogP) is 2.71. The van der Waals surface area contributed by atoms with Crippen molar-refractivity contribution < 1.29 is 5.11 Å². The van der Waals surface area contributed by atoms with E-state index < -0.39 is 0 Å². The minimum atomic E-state index is 0.368. The smallest absolute Gasteiger partial charge is 0.120 e. The van der Waals surface area contributed by atoms with Crippen molar-refractivity contribution in [2.75, 3.05) is 13.1 Å². The number of piperidine rings is 1. The molecule has 0 aliphatic carbocycles. The highest BCUT2D eigenvalue weighted by atomic mass is 79.9. The molecule has 2 rings (SSSR count). The lowest BCUT2D eigenvalue weighted by Crippen LogP contribution is -2.48. The molecular weight excluding hydrogens is 292 g/mol. The molecule has 0 spiro atoms. The van der Waals surface area contributed by atoms with Crippen molar-refractivity contribution in [3.63, 3.8) is 0 Å².